The third-order valence-electron chi connectivity index (χ3n) is 4.59. The predicted octanol–water partition coefficient (Wildman–Crippen LogP) is 6.72. The molecule has 1 N–H and O–H groups in total. The van der Waals surface area contributed by atoms with E-state index in [1.165, 1.54) is 0 Å². The van der Waals surface area contributed by atoms with Crippen LogP contribution in [0.1, 0.15) is 26.3 Å². The monoisotopic (exact) mass is 471 g/mol. The Morgan fingerprint density at radius 3 is 2.06 bits per heavy atom. The third kappa shape index (κ3) is 5.08. The molecule has 0 heterocycles. The van der Waals surface area contributed by atoms with Gasteiger partial charge < -0.3 is 10.1 Å². The number of para-hydroxylation sites is 1. The minimum Gasteiger partial charge on any atom is -0.457 e. The van der Waals surface area contributed by atoms with Gasteiger partial charge in [-0.25, -0.2) is 0 Å². The van der Waals surface area contributed by atoms with E-state index in [-0.39, 0.29) is 11.7 Å². The number of anilines is 1. The fourth-order valence-corrected chi connectivity index (χ4v) is 3.44. The topological polar surface area (TPSA) is 55.4 Å². The van der Waals surface area contributed by atoms with Crippen LogP contribution in [0.15, 0.2) is 108 Å². The Morgan fingerprint density at radius 2 is 1.32 bits per heavy atom. The number of halogens is 1. The summed E-state index contributed by atoms with van der Waals surface area (Å²) in [5.41, 5.74) is 1.82. The number of rotatable bonds is 6. The summed E-state index contributed by atoms with van der Waals surface area (Å²) in [5, 5.41) is 2.86. The van der Waals surface area contributed by atoms with Gasteiger partial charge in [0, 0.05) is 21.2 Å². The van der Waals surface area contributed by atoms with Gasteiger partial charge in [-0.15, -0.1) is 0 Å². The maximum atomic E-state index is 13.0. The summed E-state index contributed by atoms with van der Waals surface area (Å²) in [4.78, 5) is 25.9. The fourth-order valence-electron chi connectivity index (χ4n) is 3.08. The van der Waals surface area contributed by atoms with E-state index in [1.54, 1.807) is 54.6 Å². The van der Waals surface area contributed by atoms with E-state index in [9.17, 15) is 9.59 Å². The van der Waals surface area contributed by atoms with Gasteiger partial charge in [-0.1, -0.05) is 70.5 Å². The summed E-state index contributed by atoms with van der Waals surface area (Å²) in [6.45, 7) is 0. The number of hydrogen-bond donors (Lipinski definition) is 1. The molecule has 0 saturated heterocycles. The molecule has 0 aliphatic heterocycles. The van der Waals surface area contributed by atoms with Crippen LogP contribution in [0.3, 0.4) is 0 Å². The number of nitrogens with one attached hydrogen (secondary N) is 1. The van der Waals surface area contributed by atoms with Crippen molar-refractivity contribution in [3.63, 3.8) is 0 Å². The van der Waals surface area contributed by atoms with Gasteiger partial charge in [0.05, 0.1) is 5.69 Å². The van der Waals surface area contributed by atoms with Crippen molar-refractivity contribution in [2.24, 2.45) is 0 Å². The molecule has 0 radical (unpaired) electrons. The molecule has 0 aliphatic carbocycles. The van der Waals surface area contributed by atoms with Crippen LogP contribution >= 0.6 is 15.9 Å². The second kappa shape index (κ2) is 9.41. The lowest BCUT2D eigenvalue weighted by Gasteiger charge is -2.12. The largest absolute Gasteiger partial charge is 0.457 e. The van der Waals surface area contributed by atoms with Gasteiger partial charge in [-0.2, -0.15) is 0 Å². The van der Waals surface area contributed by atoms with E-state index < -0.39 is 0 Å². The Labute approximate surface area is 188 Å². The SMILES string of the molecule is O=C(Nc1ccc(Br)cc1C(=O)c1ccccc1)c1cccc(Oc2ccccc2)c1. The molecular formula is C26H18BrNO3. The lowest BCUT2D eigenvalue weighted by atomic mass is 10.0. The second-order valence-corrected chi connectivity index (χ2v) is 7.70. The highest BCUT2D eigenvalue weighted by atomic mass is 79.9. The molecule has 1 amide bonds. The fraction of sp³-hybridized carbons (Fsp3) is 0. The highest BCUT2D eigenvalue weighted by molar-refractivity contribution is 9.10. The minimum atomic E-state index is -0.331. The molecule has 0 aliphatic rings. The minimum absolute atomic E-state index is 0.168. The Hall–Kier alpha value is -3.70. The maximum Gasteiger partial charge on any atom is 0.255 e. The van der Waals surface area contributed by atoms with Gasteiger partial charge in [0.2, 0.25) is 0 Å². The van der Waals surface area contributed by atoms with Crippen LogP contribution in [0.25, 0.3) is 0 Å². The molecule has 0 spiro atoms. The lowest BCUT2D eigenvalue weighted by Crippen LogP contribution is -2.15. The van der Waals surface area contributed by atoms with Crippen molar-refractivity contribution in [2.45, 2.75) is 0 Å². The Balaban J connectivity index is 1.58. The number of hydrogen-bond acceptors (Lipinski definition) is 3. The highest BCUT2D eigenvalue weighted by Gasteiger charge is 2.17. The highest BCUT2D eigenvalue weighted by Crippen LogP contribution is 2.26. The first-order valence-electron chi connectivity index (χ1n) is 9.64. The van der Waals surface area contributed by atoms with E-state index in [1.807, 2.05) is 48.5 Å². The van der Waals surface area contributed by atoms with Crippen LogP contribution in [0, 0.1) is 0 Å². The summed E-state index contributed by atoms with van der Waals surface area (Å²) in [5.74, 6) is 0.736. The quantitative estimate of drug-likeness (QED) is 0.317. The van der Waals surface area contributed by atoms with Crippen molar-refractivity contribution < 1.29 is 14.3 Å². The number of amides is 1. The number of carbonyl (C=O) groups excluding carboxylic acids is 2. The van der Waals surface area contributed by atoms with Crippen LogP contribution < -0.4 is 10.1 Å². The van der Waals surface area contributed by atoms with Crippen LogP contribution in [-0.2, 0) is 0 Å². The maximum absolute atomic E-state index is 13.0. The van der Waals surface area contributed by atoms with Crippen molar-refractivity contribution in [3.05, 3.63) is 124 Å². The van der Waals surface area contributed by atoms with Crippen molar-refractivity contribution in [1.82, 2.24) is 0 Å². The predicted molar refractivity (Wildman–Crippen MR) is 125 cm³/mol. The van der Waals surface area contributed by atoms with Gasteiger partial charge in [0.1, 0.15) is 11.5 Å². The average molecular weight is 472 g/mol. The van der Waals surface area contributed by atoms with Crippen LogP contribution in [0.2, 0.25) is 0 Å². The number of ketones is 1. The molecule has 0 saturated carbocycles. The van der Waals surface area contributed by atoms with E-state index in [0.717, 1.165) is 4.47 Å². The first-order valence-corrected chi connectivity index (χ1v) is 10.4. The molecule has 4 aromatic rings. The van der Waals surface area contributed by atoms with E-state index in [0.29, 0.717) is 33.9 Å². The summed E-state index contributed by atoms with van der Waals surface area (Å²) < 4.78 is 6.57. The van der Waals surface area contributed by atoms with Crippen molar-refractivity contribution in [2.75, 3.05) is 5.32 Å². The van der Waals surface area contributed by atoms with Gasteiger partial charge in [-0.3, -0.25) is 9.59 Å². The molecule has 5 heteroatoms. The molecule has 0 fully saturated rings. The molecule has 31 heavy (non-hydrogen) atoms. The van der Waals surface area contributed by atoms with Crippen LogP contribution in [0.4, 0.5) is 5.69 Å². The normalized spacial score (nSPS) is 10.4. The van der Waals surface area contributed by atoms with Gasteiger partial charge in [0.25, 0.3) is 5.91 Å². The molecule has 4 rings (SSSR count). The van der Waals surface area contributed by atoms with Crippen molar-refractivity contribution in [1.29, 1.82) is 0 Å². The number of carbonyl (C=O) groups is 2. The summed E-state index contributed by atoms with van der Waals surface area (Å²) in [6, 6.07) is 30.4. The zero-order chi connectivity index (χ0) is 21.6. The molecular weight excluding hydrogens is 454 g/mol. The molecule has 0 atom stereocenters. The standard InChI is InChI=1S/C26H18BrNO3/c27-20-14-15-24(23(17-20)25(29)18-8-3-1-4-9-18)28-26(30)19-10-7-13-22(16-19)31-21-11-5-2-6-12-21/h1-17H,(H,28,30). The molecule has 0 aromatic heterocycles. The first kappa shape index (κ1) is 20.6. The number of ether oxygens (including phenoxy) is 1. The van der Waals surface area contributed by atoms with Gasteiger partial charge >= 0.3 is 0 Å². The van der Waals surface area contributed by atoms with E-state index >= 15 is 0 Å². The van der Waals surface area contributed by atoms with Crippen molar-refractivity contribution in [3.8, 4) is 11.5 Å². The van der Waals surface area contributed by atoms with Crippen molar-refractivity contribution >= 4 is 33.3 Å². The Bertz CT molecular complexity index is 1220. The second-order valence-electron chi connectivity index (χ2n) is 6.78. The Kier molecular flexibility index (Phi) is 6.24. The summed E-state index contributed by atoms with van der Waals surface area (Å²) >= 11 is 3.41. The zero-order valence-electron chi connectivity index (χ0n) is 16.4. The molecule has 0 unspecified atom stereocenters. The Morgan fingerprint density at radius 1 is 0.677 bits per heavy atom. The van der Waals surface area contributed by atoms with Gasteiger partial charge in [-0.05, 0) is 48.5 Å². The van der Waals surface area contributed by atoms with Crippen LogP contribution in [0.5, 0.6) is 11.5 Å². The van der Waals surface area contributed by atoms with E-state index in [4.69, 9.17) is 4.74 Å². The van der Waals surface area contributed by atoms with Crippen LogP contribution in [-0.4, -0.2) is 11.7 Å². The van der Waals surface area contributed by atoms with E-state index in [2.05, 4.69) is 21.2 Å². The first-order chi connectivity index (χ1) is 15.1. The smallest absolute Gasteiger partial charge is 0.255 e. The lowest BCUT2D eigenvalue weighted by molar-refractivity contribution is 0.102. The third-order valence-corrected chi connectivity index (χ3v) is 5.08. The molecule has 4 nitrogen and oxygen atoms in total. The summed E-state index contributed by atoms with van der Waals surface area (Å²) in [7, 11) is 0. The zero-order valence-corrected chi connectivity index (χ0v) is 18.0. The molecule has 4 aromatic carbocycles. The molecule has 152 valence electrons. The average Bonchev–Trinajstić information content (AvgIpc) is 2.81. The summed E-state index contributed by atoms with van der Waals surface area (Å²) in [6.07, 6.45) is 0. The van der Waals surface area contributed by atoms with Gasteiger partial charge in [0.15, 0.2) is 5.78 Å². The molecule has 0 bridgehead atoms. The number of benzene rings is 4.